The van der Waals surface area contributed by atoms with E-state index in [0.717, 1.165) is 122 Å². The Balaban J connectivity index is 4.27. The number of carboxylic acid groups (broad SMARTS) is 1. The molecule has 2 unspecified atom stereocenters. The number of quaternary nitrogens is 1. The highest BCUT2D eigenvalue weighted by molar-refractivity contribution is 5.71. The molecule has 73 heavy (non-hydrogen) atoms. The highest BCUT2D eigenvalue weighted by atomic mass is 16.7. The molecule has 0 aromatic heterocycles. The molecule has 9 heteroatoms. The normalized spacial score (nSPS) is 13.7. The van der Waals surface area contributed by atoms with Crippen LogP contribution < -0.4 is 0 Å². The van der Waals surface area contributed by atoms with Gasteiger partial charge in [0.05, 0.1) is 34.4 Å². The molecular formula is C64H106NO8+. The van der Waals surface area contributed by atoms with Gasteiger partial charge in [0.1, 0.15) is 13.2 Å². The van der Waals surface area contributed by atoms with Gasteiger partial charge in [-0.3, -0.25) is 9.59 Å². The van der Waals surface area contributed by atoms with Crippen molar-refractivity contribution in [3.63, 3.8) is 0 Å². The Morgan fingerprint density at radius 1 is 0.425 bits per heavy atom. The Kier molecular flexibility index (Phi) is 50.8. The molecule has 0 aromatic rings. The van der Waals surface area contributed by atoms with Gasteiger partial charge in [0.2, 0.25) is 0 Å². The van der Waals surface area contributed by atoms with Crippen LogP contribution in [0.15, 0.2) is 122 Å². The zero-order valence-corrected chi connectivity index (χ0v) is 47.0. The van der Waals surface area contributed by atoms with Gasteiger partial charge in [0, 0.05) is 12.8 Å². The Labute approximate surface area is 447 Å². The summed E-state index contributed by atoms with van der Waals surface area (Å²) in [4.78, 5) is 37.4. The number of hydrogen-bond donors (Lipinski definition) is 1. The molecule has 0 aliphatic heterocycles. The molecule has 0 amide bonds. The van der Waals surface area contributed by atoms with E-state index in [1.807, 2.05) is 21.1 Å². The van der Waals surface area contributed by atoms with E-state index in [0.29, 0.717) is 17.4 Å². The van der Waals surface area contributed by atoms with Gasteiger partial charge in [-0.15, -0.1) is 0 Å². The second-order valence-corrected chi connectivity index (χ2v) is 19.9. The van der Waals surface area contributed by atoms with Gasteiger partial charge in [0.25, 0.3) is 6.29 Å². The van der Waals surface area contributed by atoms with E-state index in [4.69, 9.17) is 18.9 Å². The maximum absolute atomic E-state index is 12.9. The summed E-state index contributed by atoms with van der Waals surface area (Å²) in [7, 11) is 5.95. The first-order valence-electron chi connectivity index (χ1n) is 28.7. The average Bonchev–Trinajstić information content (AvgIpc) is 3.36. The van der Waals surface area contributed by atoms with Crippen molar-refractivity contribution in [2.75, 3.05) is 47.5 Å². The van der Waals surface area contributed by atoms with E-state index in [1.165, 1.54) is 51.4 Å². The first kappa shape index (κ1) is 68.7. The molecule has 0 spiro atoms. The standard InChI is InChI=1S/C64H105NO8/c1-6-8-10-12-14-16-18-20-22-23-24-25-26-27-28-29-30-31-32-33-34-35-36-37-38-39-41-43-45-47-49-51-53-55-62(67)73-60(59-72-64(63(68)69)70-57-56-65(3,4)5)58-71-61(66)54-52-50-48-46-44-42-40-21-19-17-15-13-11-9-7-2/h8,10,14-17,20-22,24-25,27-28,30-31,33-34,36-37,40,60,64H,6-7,9,11-13,18-19,23,26,29,32,35,38-39,41-59H2,1-5H3/p+1/b10-8-,16-14-,17-15-,22-20-,25-24-,28-27-,31-30-,34-33-,37-36-,40-21-. The van der Waals surface area contributed by atoms with Crippen molar-refractivity contribution in [2.24, 2.45) is 0 Å². The summed E-state index contributed by atoms with van der Waals surface area (Å²) in [5.74, 6) is -2.05. The minimum Gasteiger partial charge on any atom is -0.477 e. The van der Waals surface area contributed by atoms with Crippen LogP contribution in [0.2, 0.25) is 0 Å². The lowest BCUT2D eigenvalue weighted by atomic mass is 10.1. The molecule has 0 aromatic carbocycles. The second-order valence-electron chi connectivity index (χ2n) is 19.9. The Hall–Kier alpha value is -4.31. The molecule has 0 bridgehead atoms. The van der Waals surface area contributed by atoms with Gasteiger partial charge in [-0.05, 0) is 109 Å². The first-order chi connectivity index (χ1) is 35.6. The molecule has 0 rings (SSSR count). The molecule has 1 N–H and O–H groups in total. The quantitative estimate of drug-likeness (QED) is 0.0211. The maximum atomic E-state index is 12.9. The lowest BCUT2D eigenvalue weighted by Gasteiger charge is -2.25. The van der Waals surface area contributed by atoms with Crippen LogP contribution in [-0.4, -0.2) is 87.4 Å². The Morgan fingerprint density at radius 3 is 1.16 bits per heavy atom. The van der Waals surface area contributed by atoms with Crippen molar-refractivity contribution in [3.8, 4) is 0 Å². The van der Waals surface area contributed by atoms with Crippen molar-refractivity contribution in [3.05, 3.63) is 122 Å². The van der Waals surface area contributed by atoms with E-state index in [1.54, 1.807) is 0 Å². The smallest absolute Gasteiger partial charge is 0.361 e. The largest absolute Gasteiger partial charge is 0.477 e. The topological polar surface area (TPSA) is 108 Å². The van der Waals surface area contributed by atoms with Crippen LogP contribution >= 0.6 is 0 Å². The molecule has 0 saturated carbocycles. The third-order valence-corrected chi connectivity index (χ3v) is 11.7. The van der Waals surface area contributed by atoms with E-state index in [-0.39, 0.29) is 38.6 Å². The van der Waals surface area contributed by atoms with Crippen molar-refractivity contribution in [1.82, 2.24) is 0 Å². The lowest BCUT2D eigenvalue weighted by molar-refractivity contribution is -0.870. The summed E-state index contributed by atoms with van der Waals surface area (Å²) in [5, 5.41) is 9.69. The van der Waals surface area contributed by atoms with Crippen LogP contribution in [0.4, 0.5) is 0 Å². The summed E-state index contributed by atoms with van der Waals surface area (Å²) >= 11 is 0. The van der Waals surface area contributed by atoms with Crippen LogP contribution in [0.5, 0.6) is 0 Å². The zero-order valence-electron chi connectivity index (χ0n) is 47.0. The number of carbonyl (C=O) groups is 3. The fourth-order valence-corrected chi connectivity index (χ4v) is 7.29. The molecule has 0 aliphatic carbocycles. The number of hydrogen-bond acceptors (Lipinski definition) is 7. The SMILES string of the molecule is CC/C=C\C/C=C\C/C=C\C/C=C\C/C=C\C/C=C\C/C=C\C/C=C\CCCCCCCCCCC(=O)OC(COC(=O)CCCCCCC/C=C\C/C=C\CCCCC)COC(OCC[N+](C)(C)C)C(=O)O. The Bertz CT molecular complexity index is 1610. The number of aliphatic carboxylic acids is 1. The van der Waals surface area contributed by atoms with Gasteiger partial charge in [-0.1, -0.05) is 206 Å². The fraction of sp³-hybridized carbons (Fsp3) is 0.641. The van der Waals surface area contributed by atoms with Crippen LogP contribution in [0.25, 0.3) is 0 Å². The number of carbonyl (C=O) groups excluding carboxylic acids is 2. The first-order valence-corrected chi connectivity index (χ1v) is 28.7. The van der Waals surface area contributed by atoms with E-state index in [9.17, 15) is 19.5 Å². The molecule has 0 radical (unpaired) electrons. The molecule has 0 aliphatic rings. The van der Waals surface area contributed by atoms with Gasteiger partial charge < -0.3 is 28.5 Å². The molecule has 2 atom stereocenters. The summed E-state index contributed by atoms with van der Waals surface area (Å²) in [6.45, 7) is 4.69. The number of nitrogens with zero attached hydrogens (tertiary/aromatic N) is 1. The minimum atomic E-state index is -1.52. The summed E-state index contributed by atoms with van der Waals surface area (Å²) in [5.41, 5.74) is 0. The van der Waals surface area contributed by atoms with Crippen molar-refractivity contribution in [1.29, 1.82) is 0 Å². The van der Waals surface area contributed by atoms with Crippen LogP contribution in [0.3, 0.4) is 0 Å². The number of esters is 2. The van der Waals surface area contributed by atoms with E-state index >= 15 is 0 Å². The predicted octanol–water partition coefficient (Wildman–Crippen LogP) is 16.9. The molecule has 0 saturated heterocycles. The fourth-order valence-electron chi connectivity index (χ4n) is 7.29. The van der Waals surface area contributed by atoms with Gasteiger partial charge in [-0.25, -0.2) is 4.79 Å². The summed E-state index contributed by atoms with van der Waals surface area (Å²) in [6, 6.07) is 0. The third kappa shape index (κ3) is 55.3. The van der Waals surface area contributed by atoms with Crippen LogP contribution in [-0.2, 0) is 33.3 Å². The number of ether oxygens (including phenoxy) is 4. The van der Waals surface area contributed by atoms with E-state index < -0.39 is 24.3 Å². The minimum absolute atomic E-state index is 0.177. The molecule has 0 fully saturated rings. The van der Waals surface area contributed by atoms with Crippen LogP contribution in [0.1, 0.15) is 206 Å². The number of likely N-dealkylation sites (N-methyl/N-ethyl adjacent to an activating group) is 1. The number of unbranched alkanes of at least 4 members (excludes halogenated alkanes) is 16. The van der Waals surface area contributed by atoms with Gasteiger partial charge in [0.15, 0.2) is 6.10 Å². The number of allylic oxidation sites excluding steroid dienone is 20. The molecule has 0 heterocycles. The van der Waals surface area contributed by atoms with Gasteiger partial charge in [-0.2, -0.15) is 0 Å². The predicted molar refractivity (Wildman–Crippen MR) is 308 cm³/mol. The Morgan fingerprint density at radius 2 is 0.781 bits per heavy atom. The summed E-state index contributed by atoms with van der Waals surface area (Å²) in [6.07, 6.45) is 72.7. The van der Waals surface area contributed by atoms with E-state index in [2.05, 4.69) is 135 Å². The van der Waals surface area contributed by atoms with Crippen molar-refractivity contribution >= 4 is 17.9 Å². The molecule has 9 nitrogen and oxygen atoms in total. The molecule has 414 valence electrons. The van der Waals surface area contributed by atoms with Crippen LogP contribution in [0, 0.1) is 0 Å². The lowest BCUT2D eigenvalue weighted by Crippen LogP contribution is -2.40. The molecular weight excluding hydrogens is 911 g/mol. The summed E-state index contributed by atoms with van der Waals surface area (Å²) < 4.78 is 22.8. The third-order valence-electron chi connectivity index (χ3n) is 11.7. The van der Waals surface area contributed by atoms with Crippen molar-refractivity contribution < 1.29 is 42.9 Å². The van der Waals surface area contributed by atoms with Crippen molar-refractivity contribution in [2.45, 2.75) is 219 Å². The maximum Gasteiger partial charge on any atom is 0.361 e. The number of rotatable bonds is 51. The second kappa shape index (κ2) is 54.0. The monoisotopic (exact) mass is 1020 g/mol. The zero-order chi connectivity index (χ0) is 53.4. The highest BCUT2D eigenvalue weighted by Crippen LogP contribution is 2.14. The number of carboxylic acids is 1. The average molecular weight is 1020 g/mol. The van der Waals surface area contributed by atoms with Gasteiger partial charge >= 0.3 is 17.9 Å². The highest BCUT2D eigenvalue weighted by Gasteiger charge is 2.25.